The molecular formula is C15H28N2O3. The minimum Gasteiger partial charge on any atom is -0.480 e. The molecule has 0 heterocycles. The molecule has 5 heteroatoms. The Morgan fingerprint density at radius 3 is 2.40 bits per heavy atom. The lowest BCUT2D eigenvalue weighted by Crippen LogP contribution is -2.50. The predicted octanol–water partition coefficient (Wildman–Crippen LogP) is 2.85. The van der Waals surface area contributed by atoms with Crippen LogP contribution in [-0.2, 0) is 4.79 Å². The zero-order chi connectivity index (χ0) is 15.1. The lowest BCUT2D eigenvalue weighted by Gasteiger charge is -2.29. The van der Waals surface area contributed by atoms with E-state index < -0.39 is 5.97 Å². The topological polar surface area (TPSA) is 69.6 Å². The van der Waals surface area contributed by atoms with Crippen LogP contribution >= 0.6 is 0 Å². The average molecular weight is 284 g/mol. The van der Waals surface area contributed by atoms with E-state index in [9.17, 15) is 9.59 Å². The van der Waals surface area contributed by atoms with Crippen LogP contribution in [0.25, 0.3) is 0 Å². The monoisotopic (exact) mass is 284 g/mol. The van der Waals surface area contributed by atoms with Crippen molar-refractivity contribution in [2.75, 3.05) is 6.54 Å². The van der Waals surface area contributed by atoms with Crippen molar-refractivity contribution in [2.45, 2.75) is 71.4 Å². The van der Waals surface area contributed by atoms with Crippen molar-refractivity contribution in [1.29, 1.82) is 0 Å². The predicted molar refractivity (Wildman–Crippen MR) is 78.7 cm³/mol. The normalized spacial score (nSPS) is 18.6. The third-order valence-electron chi connectivity index (χ3n) is 4.15. The summed E-state index contributed by atoms with van der Waals surface area (Å²) in [4.78, 5) is 24.8. The summed E-state index contributed by atoms with van der Waals surface area (Å²) in [5.41, 5.74) is 0. The van der Waals surface area contributed by atoms with Crippen LogP contribution in [0.4, 0.5) is 4.79 Å². The van der Waals surface area contributed by atoms with Gasteiger partial charge in [-0.25, -0.2) is 4.79 Å². The molecule has 1 saturated carbocycles. The number of rotatable bonds is 7. The molecule has 0 spiro atoms. The first-order valence-corrected chi connectivity index (χ1v) is 7.73. The molecule has 1 fully saturated rings. The van der Waals surface area contributed by atoms with Crippen LogP contribution in [0.2, 0.25) is 0 Å². The van der Waals surface area contributed by atoms with E-state index in [1.807, 2.05) is 6.92 Å². The summed E-state index contributed by atoms with van der Waals surface area (Å²) in [7, 11) is 0. The van der Waals surface area contributed by atoms with Gasteiger partial charge in [-0.3, -0.25) is 4.79 Å². The molecule has 116 valence electrons. The number of carbonyl (C=O) groups excluding carboxylic acids is 1. The van der Waals surface area contributed by atoms with Crippen LogP contribution in [-0.4, -0.2) is 40.6 Å². The quantitative estimate of drug-likeness (QED) is 0.755. The number of nitrogens with one attached hydrogen (secondary N) is 1. The third-order valence-corrected chi connectivity index (χ3v) is 4.15. The molecule has 1 aliphatic rings. The summed E-state index contributed by atoms with van der Waals surface area (Å²) in [6, 6.07) is -0.0628. The summed E-state index contributed by atoms with van der Waals surface area (Å²) in [6.45, 7) is 6.08. The first kappa shape index (κ1) is 16.8. The zero-order valence-electron chi connectivity index (χ0n) is 12.9. The number of hydrogen-bond donors (Lipinski definition) is 2. The number of carboxylic acid groups (broad SMARTS) is 1. The van der Waals surface area contributed by atoms with Gasteiger partial charge in [0.15, 0.2) is 0 Å². The molecule has 0 aliphatic heterocycles. The highest BCUT2D eigenvalue weighted by molar-refractivity contribution is 5.80. The van der Waals surface area contributed by atoms with Gasteiger partial charge in [-0.15, -0.1) is 0 Å². The molecule has 0 aromatic heterocycles. The molecule has 20 heavy (non-hydrogen) atoms. The van der Waals surface area contributed by atoms with Gasteiger partial charge >= 0.3 is 12.0 Å². The van der Waals surface area contributed by atoms with Crippen molar-refractivity contribution in [3.8, 4) is 0 Å². The van der Waals surface area contributed by atoms with Crippen LogP contribution in [0, 0.1) is 5.92 Å². The summed E-state index contributed by atoms with van der Waals surface area (Å²) in [5, 5.41) is 11.9. The Bertz CT molecular complexity index is 327. The number of hydrogen-bond acceptors (Lipinski definition) is 2. The Kier molecular flexibility index (Phi) is 6.82. The van der Waals surface area contributed by atoms with Crippen LogP contribution < -0.4 is 5.32 Å². The van der Waals surface area contributed by atoms with Crippen molar-refractivity contribution < 1.29 is 14.7 Å². The standard InChI is InChI=1S/C15H28N2O3/c1-4-11(2)9-12(3)16-15(20)17(10-14(18)19)13-7-5-6-8-13/h11-13H,4-10H2,1-3H3,(H,16,20)(H,18,19). The molecule has 5 nitrogen and oxygen atoms in total. The highest BCUT2D eigenvalue weighted by Gasteiger charge is 2.29. The molecular weight excluding hydrogens is 256 g/mol. The average Bonchev–Trinajstić information content (AvgIpc) is 2.88. The van der Waals surface area contributed by atoms with E-state index in [1.54, 1.807) is 0 Å². The summed E-state index contributed by atoms with van der Waals surface area (Å²) < 4.78 is 0. The Morgan fingerprint density at radius 2 is 1.90 bits per heavy atom. The van der Waals surface area contributed by atoms with E-state index in [1.165, 1.54) is 4.90 Å². The molecule has 2 unspecified atom stereocenters. The lowest BCUT2D eigenvalue weighted by molar-refractivity contribution is -0.138. The van der Waals surface area contributed by atoms with Crippen molar-refractivity contribution >= 4 is 12.0 Å². The van der Waals surface area contributed by atoms with E-state index in [-0.39, 0.29) is 24.7 Å². The molecule has 0 bridgehead atoms. The van der Waals surface area contributed by atoms with Gasteiger partial charge in [-0.1, -0.05) is 33.1 Å². The van der Waals surface area contributed by atoms with Crippen LogP contribution in [0.5, 0.6) is 0 Å². The van der Waals surface area contributed by atoms with Crippen molar-refractivity contribution in [2.24, 2.45) is 5.92 Å². The van der Waals surface area contributed by atoms with Gasteiger partial charge in [0.25, 0.3) is 0 Å². The molecule has 2 amide bonds. The van der Waals surface area contributed by atoms with Crippen molar-refractivity contribution in [3.05, 3.63) is 0 Å². The molecule has 0 radical (unpaired) electrons. The fraction of sp³-hybridized carbons (Fsp3) is 0.867. The van der Waals surface area contributed by atoms with Gasteiger partial charge < -0.3 is 15.3 Å². The highest BCUT2D eigenvalue weighted by atomic mass is 16.4. The number of aliphatic carboxylic acids is 1. The molecule has 0 aromatic rings. The SMILES string of the molecule is CCC(C)CC(C)NC(=O)N(CC(=O)O)C1CCCC1. The van der Waals surface area contributed by atoms with E-state index in [0.29, 0.717) is 5.92 Å². The minimum absolute atomic E-state index is 0.0788. The van der Waals surface area contributed by atoms with Crippen LogP contribution in [0.1, 0.15) is 59.3 Å². The second-order valence-corrected chi connectivity index (χ2v) is 6.06. The van der Waals surface area contributed by atoms with Crippen LogP contribution in [0.15, 0.2) is 0 Å². The molecule has 1 aliphatic carbocycles. The van der Waals surface area contributed by atoms with Crippen molar-refractivity contribution in [3.63, 3.8) is 0 Å². The number of carboxylic acids is 1. The van der Waals surface area contributed by atoms with E-state index in [2.05, 4.69) is 19.2 Å². The first-order chi connectivity index (χ1) is 9.43. The lowest BCUT2D eigenvalue weighted by atomic mass is 10.0. The second kappa shape index (κ2) is 8.12. The fourth-order valence-corrected chi connectivity index (χ4v) is 2.85. The summed E-state index contributed by atoms with van der Waals surface area (Å²) in [6.07, 6.45) is 6.00. The first-order valence-electron chi connectivity index (χ1n) is 7.73. The highest BCUT2D eigenvalue weighted by Crippen LogP contribution is 2.23. The molecule has 0 saturated heterocycles. The van der Waals surface area contributed by atoms with Crippen molar-refractivity contribution in [1.82, 2.24) is 10.2 Å². The van der Waals surface area contributed by atoms with Gasteiger partial charge in [0, 0.05) is 12.1 Å². The maximum absolute atomic E-state index is 12.3. The minimum atomic E-state index is -0.943. The van der Waals surface area contributed by atoms with Gasteiger partial charge in [0.1, 0.15) is 6.54 Å². The Balaban J connectivity index is 2.56. The van der Waals surface area contributed by atoms with Crippen LogP contribution in [0.3, 0.4) is 0 Å². The van der Waals surface area contributed by atoms with Gasteiger partial charge in [-0.2, -0.15) is 0 Å². The van der Waals surface area contributed by atoms with E-state index in [0.717, 1.165) is 38.5 Å². The Hall–Kier alpha value is -1.26. The summed E-state index contributed by atoms with van der Waals surface area (Å²) in [5.74, 6) is -0.383. The smallest absolute Gasteiger partial charge is 0.323 e. The fourth-order valence-electron chi connectivity index (χ4n) is 2.85. The van der Waals surface area contributed by atoms with E-state index in [4.69, 9.17) is 5.11 Å². The van der Waals surface area contributed by atoms with Gasteiger partial charge in [0.2, 0.25) is 0 Å². The number of carbonyl (C=O) groups is 2. The Morgan fingerprint density at radius 1 is 1.30 bits per heavy atom. The van der Waals surface area contributed by atoms with E-state index >= 15 is 0 Å². The molecule has 2 atom stereocenters. The number of amides is 2. The Labute approximate surface area is 121 Å². The molecule has 0 aromatic carbocycles. The number of urea groups is 1. The second-order valence-electron chi connectivity index (χ2n) is 6.06. The number of nitrogens with zero attached hydrogens (tertiary/aromatic N) is 1. The molecule has 1 rings (SSSR count). The maximum Gasteiger partial charge on any atom is 0.323 e. The van der Waals surface area contributed by atoms with Gasteiger partial charge in [-0.05, 0) is 32.1 Å². The summed E-state index contributed by atoms with van der Waals surface area (Å²) >= 11 is 0. The largest absolute Gasteiger partial charge is 0.480 e. The van der Waals surface area contributed by atoms with Gasteiger partial charge in [0.05, 0.1) is 0 Å². The molecule has 2 N–H and O–H groups in total. The third kappa shape index (κ3) is 5.39. The zero-order valence-corrected chi connectivity index (χ0v) is 12.9. The maximum atomic E-state index is 12.3.